The lowest BCUT2D eigenvalue weighted by Gasteiger charge is -2.32. The standard InChI is InChI=1S/C27H26FN3O3S/c1-17(16-32-21-4-2-3-19(13-21)26-27-23(33-30-26)9-12-35-27)15-31-10-7-18(8-11-31)25-22-6-5-20(28)14-24(22)34-29-25/h2-6,9,12-14,17-18H,7-8,10-11,15-16H2,1H3. The van der Waals surface area contributed by atoms with Gasteiger partial charge in [0, 0.05) is 35.4 Å². The highest BCUT2D eigenvalue weighted by Gasteiger charge is 2.26. The molecule has 6 rings (SSSR count). The van der Waals surface area contributed by atoms with Crippen molar-refractivity contribution >= 4 is 32.6 Å². The van der Waals surface area contributed by atoms with Gasteiger partial charge in [-0.25, -0.2) is 4.39 Å². The normalized spacial score (nSPS) is 16.3. The van der Waals surface area contributed by atoms with Crippen LogP contribution in [0.25, 0.3) is 32.5 Å². The molecule has 0 spiro atoms. The fourth-order valence-electron chi connectivity index (χ4n) is 4.94. The van der Waals surface area contributed by atoms with Gasteiger partial charge in [-0.1, -0.05) is 29.4 Å². The summed E-state index contributed by atoms with van der Waals surface area (Å²) in [6.45, 7) is 5.86. The molecule has 5 aromatic rings. The molecule has 8 heteroatoms. The average molecular weight is 492 g/mol. The molecule has 1 aliphatic rings. The Morgan fingerprint density at radius 2 is 1.94 bits per heavy atom. The monoisotopic (exact) mass is 491 g/mol. The van der Waals surface area contributed by atoms with Crippen LogP contribution < -0.4 is 4.74 Å². The zero-order valence-electron chi connectivity index (χ0n) is 19.4. The Hall–Kier alpha value is -3.23. The van der Waals surface area contributed by atoms with Crippen LogP contribution in [0.5, 0.6) is 5.75 Å². The first-order valence-electron chi connectivity index (χ1n) is 12.0. The summed E-state index contributed by atoms with van der Waals surface area (Å²) in [4.78, 5) is 2.49. The van der Waals surface area contributed by atoms with E-state index in [1.165, 1.54) is 12.1 Å². The number of halogens is 1. The molecular formula is C27H26FN3O3S. The highest BCUT2D eigenvalue weighted by atomic mass is 32.1. The molecule has 0 saturated carbocycles. The topological polar surface area (TPSA) is 64.5 Å². The number of piperidine rings is 1. The summed E-state index contributed by atoms with van der Waals surface area (Å²) < 4.78 is 31.4. The molecule has 1 atom stereocenters. The van der Waals surface area contributed by atoms with Crippen LogP contribution in [-0.2, 0) is 0 Å². The van der Waals surface area contributed by atoms with E-state index in [2.05, 4.69) is 22.1 Å². The van der Waals surface area contributed by atoms with Crippen molar-refractivity contribution in [3.8, 4) is 17.0 Å². The number of ether oxygens (including phenoxy) is 1. The van der Waals surface area contributed by atoms with Crippen LogP contribution in [0, 0.1) is 11.7 Å². The second-order valence-corrected chi connectivity index (χ2v) is 10.3. The third kappa shape index (κ3) is 4.56. The average Bonchev–Trinajstić information content (AvgIpc) is 3.59. The van der Waals surface area contributed by atoms with Crippen molar-refractivity contribution in [3.05, 3.63) is 65.4 Å². The van der Waals surface area contributed by atoms with Gasteiger partial charge >= 0.3 is 0 Å². The lowest BCUT2D eigenvalue weighted by atomic mass is 9.91. The molecule has 35 heavy (non-hydrogen) atoms. The van der Waals surface area contributed by atoms with E-state index < -0.39 is 0 Å². The van der Waals surface area contributed by atoms with E-state index >= 15 is 0 Å². The maximum atomic E-state index is 13.4. The number of thiophene rings is 1. The minimum absolute atomic E-state index is 0.295. The lowest BCUT2D eigenvalue weighted by Crippen LogP contribution is -2.37. The molecule has 0 amide bonds. The van der Waals surface area contributed by atoms with Crippen LogP contribution in [-0.4, -0.2) is 41.5 Å². The van der Waals surface area contributed by atoms with E-state index in [0.29, 0.717) is 24.0 Å². The summed E-state index contributed by atoms with van der Waals surface area (Å²) in [5, 5.41) is 11.4. The fraction of sp³-hybridized carbons (Fsp3) is 0.333. The molecule has 3 aromatic heterocycles. The number of nitrogens with zero attached hydrogens (tertiary/aromatic N) is 3. The van der Waals surface area contributed by atoms with Gasteiger partial charge in [-0.05, 0) is 61.6 Å². The number of rotatable bonds is 7. The van der Waals surface area contributed by atoms with Gasteiger partial charge in [-0.2, -0.15) is 0 Å². The number of fused-ring (bicyclic) bond motifs is 2. The van der Waals surface area contributed by atoms with Gasteiger partial charge in [-0.15, -0.1) is 11.3 Å². The molecule has 0 bridgehead atoms. The Labute approximate surface area is 206 Å². The molecule has 1 unspecified atom stereocenters. The van der Waals surface area contributed by atoms with Crippen LogP contribution in [0.2, 0.25) is 0 Å². The van der Waals surface area contributed by atoms with Gasteiger partial charge in [0.25, 0.3) is 0 Å². The summed E-state index contributed by atoms with van der Waals surface area (Å²) in [6.07, 6.45) is 2.03. The maximum absolute atomic E-state index is 13.4. The van der Waals surface area contributed by atoms with E-state index in [0.717, 1.165) is 70.8 Å². The zero-order valence-corrected chi connectivity index (χ0v) is 20.3. The van der Waals surface area contributed by atoms with Crippen molar-refractivity contribution < 1.29 is 18.2 Å². The van der Waals surface area contributed by atoms with Crippen LogP contribution >= 0.6 is 11.3 Å². The number of aromatic nitrogens is 2. The van der Waals surface area contributed by atoms with Gasteiger partial charge in [0.05, 0.1) is 12.3 Å². The summed E-state index contributed by atoms with van der Waals surface area (Å²) >= 11 is 1.63. The Bertz CT molecular complexity index is 1450. The Morgan fingerprint density at radius 3 is 2.83 bits per heavy atom. The predicted octanol–water partition coefficient (Wildman–Crippen LogP) is 6.73. The molecule has 1 fully saturated rings. The van der Waals surface area contributed by atoms with Crippen molar-refractivity contribution in [1.29, 1.82) is 0 Å². The molecule has 0 radical (unpaired) electrons. The Kier molecular flexibility index (Phi) is 6.00. The number of benzene rings is 2. The molecule has 4 heterocycles. The van der Waals surface area contributed by atoms with Gasteiger partial charge in [-0.3, -0.25) is 0 Å². The van der Waals surface area contributed by atoms with Crippen molar-refractivity contribution in [2.45, 2.75) is 25.7 Å². The first-order valence-corrected chi connectivity index (χ1v) is 12.9. The molecule has 1 saturated heterocycles. The van der Waals surface area contributed by atoms with Gasteiger partial charge in [0.1, 0.15) is 22.0 Å². The minimum atomic E-state index is -0.295. The van der Waals surface area contributed by atoms with Gasteiger partial charge in [0.2, 0.25) is 0 Å². The Balaban J connectivity index is 1.02. The Morgan fingerprint density at radius 1 is 1.09 bits per heavy atom. The van der Waals surface area contributed by atoms with E-state index in [-0.39, 0.29) is 5.82 Å². The highest BCUT2D eigenvalue weighted by Crippen LogP contribution is 2.34. The lowest BCUT2D eigenvalue weighted by molar-refractivity contribution is 0.155. The van der Waals surface area contributed by atoms with Crippen molar-refractivity contribution in [2.75, 3.05) is 26.2 Å². The first-order chi connectivity index (χ1) is 17.1. The third-order valence-corrected chi connectivity index (χ3v) is 7.63. The SMILES string of the molecule is CC(COc1cccc(-c2noc3ccsc23)c1)CN1CCC(c2noc3cc(F)ccc23)CC1. The number of hydrogen-bond acceptors (Lipinski definition) is 7. The van der Waals surface area contributed by atoms with Crippen LogP contribution in [0.3, 0.4) is 0 Å². The van der Waals surface area contributed by atoms with Crippen LogP contribution in [0.1, 0.15) is 31.4 Å². The summed E-state index contributed by atoms with van der Waals surface area (Å²) in [7, 11) is 0. The van der Waals surface area contributed by atoms with E-state index in [1.807, 2.05) is 35.7 Å². The third-order valence-electron chi connectivity index (χ3n) is 6.73. The zero-order chi connectivity index (χ0) is 23.8. The molecule has 1 aliphatic heterocycles. The minimum Gasteiger partial charge on any atom is -0.493 e. The maximum Gasteiger partial charge on any atom is 0.178 e. The van der Waals surface area contributed by atoms with Gasteiger partial charge in [0.15, 0.2) is 11.2 Å². The highest BCUT2D eigenvalue weighted by molar-refractivity contribution is 7.17. The van der Waals surface area contributed by atoms with Crippen LogP contribution in [0.15, 0.2) is 63.0 Å². The van der Waals surface area contributed by atoms with Crippen molar-refractivity contribution in [1.82, 2.24) is 15.2 Å². The van der Waals surface area contributed by atoms with Crippen LogP contribution in [0.4, 0.5) is 4.39 Å². The van der Waals surface area contributed by atoms with Crippen molar-refractivity contribution in [2.24, 2.45) is 5.92 Å². The van der Waals surface area contributed by atoms with E-state index in [1.54, 1.807) is 17.4 Å². The summed E-state index contributed by atoms with van der Waals surface area (Å²) in [5.41, 5.74) is 4.17. The second kappa shape index (κ2) is 9.43. The van der Waals surface area contributed by atoms with Gasteiger partial charge < -0.3 is 18.7 Å². The molecule has 2 aromatic carbocycles. The predicted molar refractivity (Wildman–Crippen MR) is 134 cm³/mol. The van der Waals surface area contributed by atoms with E-state index in [9.17, 15) is 4.39 Å². The van der Waals surface area contributed by atoms with Crippen molar-refractivity contribution in [3.63, 3.8) is 0 Å². The second-order valence-electron chi connectivity index (χ2n) is 9.37. The van der Waals surface area contributed by atoms with E-state index in [4.69, 9.17) is 13.8 Å². The quantitative estimate of drug-likeness (QED) is 0.251. The molecule has 180 valence electrons. The summed E-state index contributed by atoms with van der Waals surface area (Å²) in [5.74, 6) is 1.28. The first kappa shape index (κ1) is 22.2. The number of hydrogen-bond donors (Lipinski definition) is 0. The molecule has 0 N–H and O–H groups in total. The molecule has 0 aliphatic carbocycles. The fourth-order valence-corrected chi connectivity index (χ4v) is 5.76. The number of likely N-dealkylation sites (tertiary alicyclic amines) is 1. The smallest absolute Gasteiger partial charge is 0.178 e. The molecule has 6 nitrogen and oxygen atoms in total. The largest absolute Gasteiger partial charge is 0.493 e. The summed E-state index contributed by atoms with van der Waals surface area (Å²) in [6, 6.07) is 14.7. The molecular weight excluding hydrogens is 465 g/mol.